The van der Waals surface area contributed by atoms with Crippen molar-refractivity contribution in [1.82, 2.24) is 0 Å². The van der Waals surface area contributed by atoms with Crippen LogP contribution in [0, 0.1) is 6.92 Å². The topological polar surface area (TPSA) is 48.7 Å². The number of halogens is 1. The van der Waals surface area contributed by atoms with Gasteiger partial charge in [0.25, 0.3) is 0 Å². The zero-order chi connectivity index (χ0) is 13.8. The minimum Gasteiger partial charge on any atom is -0.492 e. The quantitative estimate of drug-likeness (QED) is 0.624. The first-order chi connectivity index (χ1) is 9.11. The van der Waals surface area contributed by atoms with Gasteiger partial charge in [-0.3, -0.25) is 0 Å². The fourth-order valence-corrected chi connectivity index (χ4v) is 2.03. The second-order valence-corrected chi connectivity index (χ2v) is 4.63. The summed E-state index contributed by atoms with van der Waals surface area (Å²) in [6.07, 6.45) is 0.766. The Kier molecular flexibility index (Phi) is 4.45. The fourth-order valence-electron chi connectivity index (χ4n) is 1.82. The molecule has 0 aliphatic rings. The van der Waals surface area contributed by atoms with Gasteiger partial charge in [0.15, 0.2) is 0 Å². The van der Waals surface area contributed by atoms with Crippen LogP contribution >= 0.6 is 11.6 Å². The third-order valence-corrected chi connectivity index (χ3v) is 3.05. The molecule has 2 aromatic rings. The summed E-state index contributed by atoms with van der Waals surface area (Å²) in [5, 5.41) is 1.32. The van der Waals surface area contributed by atoms with Crippen molar-refractivity contribution in [2.45, 2.75) is 13.3 Å². The van der Waals surface area contributed by atoms with E-state index in [1.165, 1.54) is 6.07 Å². The Balaban J connectivity index is 2.30. The maximum absolute atomic E-state index is 11.3. The minimum atomic E-state index is -0.377. The van der Waals surface area contributed by atoms with E-state index in [9.17, 15) is 4.79 Å². The first-order valence-electron chi connectivity index (χ1n) is 5.97. The zero-order valence-corrected chi connectivity index (χ0v) is 11.6. The molecule has 0 fully saturated rings. The predicted molar refractivity (Wildman–Crippen MR) is 74.2 cm³/mol. The summed E-state index contributed by atoms with van der Waals surface area (Å²) in [4.78, 5) is 11.3. The van der Waals surface area contributed by atoms with Crippen LogP contribution in [0.3, 0.4) is 0 Å². The molecule has 0 saturated heterocycles. The second kappa shape index (κ2) is 6.08. The Bertz CT molecular complexity index is 633. The van der Waals surface area contributed by atoms with Crippen LogP contribution in [-0.4, -0.2) is 20.3 Å². The maximum atomic E-state index is 11.3. The molecule has 0 bridgehead atoms. The largest absolute Gasteiger partial charge is 0.492 e. The predicted octanol–water partition coefficient (Wildman–Crippen LogP) is 3.17. The van der Waals surface area contributed by atoms with E-state index in [0.717, 1.165) is 17.4 Å². The Hall–Kier alpha value is -1.52. The highest BCUT2D eigenvalue weighted by molar-refractivity contribution is 6.32. The molecule has 0 saturated carbocycles. The van der Waals surface area contributed by atoms with Gasteiger partial charge in [0.05, 0.1) is 11.6 Å². The van der Waals surface area contributed by atoms with E-state index < -0.39 is 0 Å². The van der Waals surface area contributed by atoms with E-state index in [-0.39, 0.29) is 5.63 Å². The third-order valence-electron chi connectivity index (χ3n) is 2.75. The van der Waals surface area contributed by atoms with Crippen LogP contribution in [0.1, 0.15) is 12.0 Å². The summed E-state index contributed by atoms with van der Waals surface area (Å²) in [6, 6.07) is 4.84. The third kappa shape index (κ3) is 3.28. The smallest absolute Gasteiger partial charge is 0.336 e. The van der Waals surface area contributed by atoms with Crippen LogP contribution in [0.4, 0.5) is 0 Å². The van der Waals surface area contributed by atoms with E-state index in [1.807, 2.05) is 6.92 Å². The summed E-state index contributed by atoms with van der Waals surface area (Å²) < 4.78 is 15.6. The van der Waals surface area contributed by atoms with Gasteiger partial charge in [-0.1, -0.05) is 11.6 Å². The average molecular weight is 283 g/mol. The Morgan fingerprint density at radius 3 is 2.79 bits per heavy atom. The molecule has 102 valence electrons. The lowest BCUT2D eigenvalue weighted by Crippen LogP contribution is -2.02. The monoisotopic (exact) mass is 282 g/mol. The first-order valence-corrected chi connectivity index (χ1v) is 6.35. The number of rotatable bonds is 5. The molecular formula is C14H15ClO4. The molecule has 2 rings (SSSR count). The maximum Gasteiger partial charge on any atom is 0.336 e. The van der Waals surface area contributed by atoms with Crippen molar-refractivity contribution in [3.8, 4) is 5.75 Å². The van der Waals surface area contributed by atoms with E-state index in [1.54, 1.807) is 19.2 Å². The standard InChI is InChI=1S/C14H15ClO4/c1-9-6-14(16)19-12-8-13(11(15)7-10(9)12)18-5-3-4-17-2/h6-8H,3-5H2,1-2H3. The molecule has 1 aromatic carbocycles. The number of aryl methyl sites for hydroxylation is 1. The summed E-state index contributed by atoms with van der Waals surface area (Å²) in [6.45, 7) is 2.96. The number of hydrogen-bond donors (Lipinski definition) is 0. The Morgan fingerprint density at radius 2 is 2.05 bits per heavy atom. The van der Waals surface area contributed by atoms with Crippen molar-refractivity contribution in [2.24, 2.45) is 0 Å². The molecule has 0 N–H and O–H groups in total. The summed E-state index contributed by atoms with van der Waals surface area (Å²) in [5.41, 5.74) is 0.938. The van der Waals surface area contributed by atoms with Crippen LogP contribution in [0.5, 0.6) is 5.75 Å². The van der Waals surface area contributed by atoms with Gasteiger partial charge in [0, 0.05) is 37.7 Å². The van der Waals surface area contributed by atoms with Crippen molar-refractivity contribution < 1.29 is 13.9 Å². The van der Waals surface area contributed by atoms with Gasteiger partial charge in [0.2, 0.25) is 0 Å². The highest BCUT2D eigenvalue weighted by atomic mass is 35.5. The minimum absolute atomic E-state index is 0.377. The van der Waals surface area contributed by atoms with Crippen molar-refractivity contribution >= 4 is 22.6 Å². The van der Waals surface area contributed by atoms with Gasteiger partial charge >= 0.3 is 5.63 Å². The summed E-state index contributed by atoms with van der Waals surface area (Å²) >= 11 is 6.15. The Labute approximate surface area is 115 Å². The lowest BCUT2D eigenvalue weighted by molar-refractivity contribution is 0.172. The van der Waals surface area contributed by atoms with Crippen LogP contribution in [-0.2, 0) is 4.74 Å². The van der Waals surface area contributed by atoms with Crippen molar-refractivity contribution in [3.63, 3.8) is 0 Å². The second-order valence-electron chi connectivity index (χ2n) is 4.22. The Morgan fingerprint density at radius 1 is 1.26 bits per heavy atom. The molecule has 0 amide bonds. The highest BCUT2D eigenvalue weighted by Gasteiger charge is 2.09. The summed E-state index contributed by atoms with van der Waals surface area (Å²) in [5.74, 6) is 0.513. The average Bonchev–Trinajstić information content (AvgIpc) is 2.36. The molecular weight excluding hydrogens is 268 g/mol. The number of ether oxygens (including phenoxy) is 2. The van der Waals surface area contributed by atoms with Gasteiger partial charge in [-0.25, -0.2) is 4.79 Å². The van der Waals surface area contributed by atoms with Gasteiger partial charge in [-0.05, 0) is 18.6 Å². The van der Waals surface area contributed by atoms with Crippen molar-refractivity contribution in [1.29, 1.82) is 0 Å². The van der Waals surface area contributed by atoms with Crippen LogP contribution in [0.25, 0.3) is 11.0 Å². The normalized spacial score (nSPS) is 10.9. The number of benzene rings is 1. The number of hydrogen-bond acceptors (Lipinski definition) is 4. The molecule has 1 aromatic heterocycles. The van der Waals surface area contributed by atoms with Crippen LogP contribution in [0.2, 0.25) is 5.02 Å². The zero-order valence-electron chi connectivity index (χ0n) is 10.9. The van der Waals surface area contributed by atoms with Gasteiger partial charge in [0.1, 0.15) is 11.3 Å². The molecule has 0 atom stereocenters. The van der Waals surface area contributed by atoms with Crippen molar-refractivity contribution in [3.05, 3.63) is 39.2 Å². The molecule has 5 heteroatoms. The fraction of sp³-hybridized carbons (Fsp3) is 0.357. The van der Waals surface area contributed by atoms with Crippen LogP contribution in [0.15, 0.2) is 27.4 Å². The van der Waals surface area contributed by atoms with E-state index in [0.29, 0.717) is 29.6 Å². The van der Waals surface area contributed by atoms with E-state index in [2.05, 4.69) is 0 Å². The van der Waals surface area contributed by atoms with Gasteiger partial charge in [-0.2, -0.15) is 0 Å². The molecule has 0 aliphatic heterocycles. The molecule has 0 spiro atoms. The van der Waals surface area contributed by atoms with Crippen molar-refractivity contribution in [2.75, 3.05) is 20.3 Å². The molecule has 1 heterocycles. The molecule has 0 unspecified atom stereocenters. The van der Waals surface area contributed by atoms with E-state index in [4.69, 9.17) is 25.5 Å². The molecule has 4 nitrogen and oxygen atoms in total. The SMILES string of the molecule is COCCCOc1cc2oc(=O)cc(C)c2cc1Cl. The number of fused-ring (bicyclic) bond motifs is 1. The molecule has 0 aliphatic carbocycles. The highest BCUT2D eigenvalue weighted by Crippen LogP contribution is 2.31. The van der Waals surface area contributed by atoms with Gasteiger partial charge in [-0.15, -0.1) is 0 Å². The summed E-state index contributed by atoms with van der Waals surface area (Å²) in [7, 11) is 1.64. The van der Waals surface area contributed by atoms with Crippen LogP contribution < -0.4 is 10.4 Å². The molecule has 19 heavy (non-hydrogen) atoms. The lowest BCUT2D eigenvalue weighted by Gasteiger charge is -2.09. The van der Waals surface area contributed by atoms with Gasteiger partial charge < -0.3 is 13.9 Å². The first kappa shape index (κ1) is 13.9. The number of methoxy groups -OCH3 is 1. The van der Waals surface area contributed by atoms with E-state index >= 15 is 0 Å². The molecule has 0 radical (unpaired) electrons. The lowest BCUT2D eigenvalue weighted by atomic mass is 10.1.